The van der Waals surface area contributed by atoms with Crippen LogP contribution in [0.5, 0.6) is 0 Å². The predicted molar refractivity (Wildman–Crippen MR) is 113 cm³/mol. The highest BCUT2D eigenvalue weighted by atomic mass is 32.2. The fraction of sp³-hybridized carbons (Fsp3) is 0.318. The number of benzene rings is 2. The molecule has 9 heteroatoms. The van der Waals surface area contributed by atoms with Crippen molar-refractivity contribution in [1.82, 2.24) is 14.4 Å². The summed E-state index contributed by atoms with van der Waals surface area (Å²) < 4.78 is 37.9. The van der Waals surface area contributed by atoms with Gasteiger partial charge in [-0.15, -0.1) is 0 Å². The maximum Gasteiger partial charge on any atom is 0.339 e. The number of aromatic nitrogens is 2. The zero-order valence-corrected chi connectivity index (χ0v) is 18.1. The van der Waals surface area contributed by atoms with Gasteiger partial charge < -0.3 is 9.26 Å². The maximum atomic E-state index is 13.2. The average molecular weight is 442 g/mol. The number of methoxy groups -OCH3 is 1. The molecule has 0 radical (unpaired) electrons. The quantitative estimate of drug-likeness (QED) is 0.559. The van der Waals surface area contributed by atoms with Gasteiger partial charge in [0.25, 0.3) is 5.89 Å². The van der Waals surface area contributed by atoms with E-state index in [-0.39, 0.29) is 16.4 Å². The minimum atomic E-state index is -3.83. The number of hydrogen-bond acceptors (Lipinski definition) is 7. The Bertz CT molecular complexity index is 1180. The van der Waals surface area contributed by atoms with E-state index in [0.29, 0.717) is 37.6 Å². The molecule has 0 saturated carbocycles. The minimum absolute atomic E-state index is 0.00486. The molecule has 1 aliphatic heterocycles. The minimum Gasteiger partial charge on any atom is -0.465 e. The Hall–Kier alpha value is -3.04. The van der Waals surface area contributed by atoms with E-state index in [4.69, 9.17) is 9.26 Å². The molecule has 0 aliphatic carbocycles. The highest BCUT2D eigenvalue weighted by molar-refractivity contribution is 7.89. The summed E-state index contributed by atoms with van der Waals surface area (Å²) in [5.74, 6) is 0.370. The second-order valence-corrected chi connectivity index (χ2v) is 9.40. The van der Waals surface area contributed by atoms with Gasteiger partial charge in [0.2, 0.25) is 10.0 Å². The van der Waals surface area contributed by atoms with Crippen LogP contribution in [-0.2, 0) is 14.8 Å². The Morgan fingerprint density at radius 3 is 2.45 bits per heavy atom. The molecular formula is C22H23N3O5S. The molecule has 1 saturated heterocycles. The van der Waals surface area contributed by atoms with Gasteiger partial charge in [-0.25, -0.2) is 13.2 Å². The summed E-state index contributed by atoms with van der Waals surface area (Å²) in [7, 11) is -2.60. The van der Waals surface area contributed by atoms with E-state index in [1.54, 1.807) is 12.1 Å². The van der Waals surface area contributed by atoms with Crippen molar-refractivity contribution in [2.24, 2.45) is 0 Å². The molecule has 0 atom stereocenters. The van der Waals surface area contributed by atoms with E-state index in [9.17, 15) is 13.2 Å². The van der Waals surface area contributed by atoms with E-state index in [1.165, 1.54) is 23.5 Å². The fourth-order valence-electron chi connectivity index (χ4n) is 3.68. The Morgan fingerprint density at radius 1 is 1.10 bits per heavy atom. The van der Waals surface area contributed by atoms with Crippen LogP contribution in [0.3, 0.4) is 0 Å². The molecule has 31 heavy (non-hydrogen) atoms. The molecule has 8 nitrogen and oxygen atoms in total. The zero-order valence-electron chi connectivity index (χ0n) is 17.3. The lowest BCUT2D eigenvalue weighted by Gasteiger charge is -2.30. The lowest BCUT2D eigenvalue weighted by atomic mass is 9.97. The standard InChI is InChI=1S/C22H23N3O5S/c1-15-7-9-17(10-8-15)21-23-20(24-30-21)16-11-13-25(14-12-16)31(27,28)19-6-4-3-5-18(19)22(26)29-2/h3-10,16H,11-14H2,1-2H3. The summed E-state index contributed by atoms with van der Waals surface area (Å²) in [6.45, 7) is 2.61. The SMILES string of the molecule is COC(=O)c1ccccc1S(=O)(=O)N1CCC(c2noc(-c3ccc(C)cc3)n2)CC1. The first-order valence-corrected chi connectivity index (χ1v) is 11.4. The Kier molecular flexibility index (Phi) is 5.88. The Balaban J connectivity index is 1.48. The summed E-state index contributed by atoms with van der Waals surface area (Å²) in [5, 5.41) is 4.12. The summed E-state index contributed by atoms with van der Waals surface area (Å²) in [4.78, 5) is 16.5. The van der Waals surface area contributed by atoms with Crippen molar-refractivity contribution in [2.75, 3.05) is 20.2 Å². The first-order valence-electron chi connectivity index (χ1n) is 9.98. The number of carbonyl (C=O) groups is 1. The van der Waals surface area contributed by atoms with Gasteiger partial charge in [-0.3, -0.25) is 0 Å². The van der Waals surface area contributed by atoms with Crippen molar-refractivity contribution in [3.8, 4) is 11.5 Å². The van der Waals surface area contributed by atoms with Crippen LogP contribution in [-0.4, -0.2) is 49.0 Å². The van der Waals surface area contributed by atoms with Gasteiger partial charge in [0.05, 0.1) is 17.6 Å². The van der Waals surface area contributed by atoms with Gasteiger partial charge in [0.1, 0.15) is 0 Å². The van der Waals surface area contributed by atoms with Crippen molar-refractivity contribution < 1.29 is 22.5 Å². The van der Waals surface area contributed by atoms with Crippen LogP contribution in [0.15, 0.2) is 57.9 Å². The van der Waals surface area contributed by atoms with Crippen LogP contribution in [0.25, 0.3) is 11.5 Å². The maximum absolute atomic E-state index is 13.2. The number of piperidine rings is 1. The number of nitrogens with zero attached hydrogens (tertiary/aromatic N) is 3. The topological polar surface area (TPSA) is 103 Å². The molecule has 0 unspecified atom stereocenters. The molecule has 162 valence electrons. The van der Waals surface area contributed by atoms with Crippen LogP contribution >= 0.6 is 0 Å². The lowest BCUT2D eigenvalue weighted by molar-refractivity contribution is 0.0596. The smallest absolute Gasteiger partial charge is 0.339 e. The van der Waals surface area contributed by atoms with Gasteiger partial charge in [-0.05, 0) is 44.0 Å². The average Bonchev–Trinajstić information content (AvgIpc) is 3.29. The first kappa shape index (κ1) is 21.2. The highest BCUT2D eigenvalue weighted by Gasteiger charge is 2.34. The van der Waals surface area contributed by atoms with Crippen molar-refractivity contribution in [3.63, 3.8) is 0 Å². The highest BCUT2D eigenvalue weighted by Crippen LogP contribution is 2.31. The molecule has 1 fully saturated rings. The monoisotopic (exact) mass is 441 g/mol. The molecule has 4 rings (SSSR count). The third kappa shape index (κ3) is 4.24. The number of carbonyl (C=O) groups excluding carboxylic acids is 1. The molecule has 3 aromatic rings. The van der Waals surface area contributed by atoms with Crippen molar-refractivity contribution in [1.29, 1.82) is 0 Å². The van der Waals surface area contributed by atoms with Gasteiger partial charge in [-0.2, -0.15) is 9.29 Å². The summed E-state index contributed by atoms with van der Waals surface area (Å²) in [5.41, 5.74) is 2.03. The molecule has 2 heterocycles. The number of hydrogen-bond donors (Lipinski definition) is 0. The predicted octanol–water partition coefficient (Wildman–Crippen LogP) is 3.40. The number of aryl methyl sites for hydroxylation is 1. The van der Waals surface area contributed by atoms with E-state index in [2.05, 4.69) is 10.1 Å². The molecule has 1 aliphatic rings. The molecular weight excluding hydrogens is 418 g/mol. The van der Waals surface area contributed by atoms with Crippen LogP contribution in [0.1, 0.15) is 40.5 Å². The third-order valence-corrected chi connectivity index (χ3v) is 7.43. The molecule has 0 amide bonds. The number of ether oxygens (including phenoxy) is 1. The van der Waals surface area contributed by atoms with Crippen molar-refractivity contribution >= 4 is 16.0 Å². The normalized spacial score (nSPS) is 15.7. The first-order chi connectivity index (χ1) is 14.9. The number of sulfonamides is 1. The fourth-order valence-corrected chi connectivity index (χ4v) is 5.33. The summed E-state index contributed by atoms with van der Waals surface area (Å²) in [6.07, 6.45) is 1.12. The second-order valence-electron chi connectivity index (χ2n) is 7.49. The van der Waals surface area contributed by atoms with Crippen molar-refractivity contribution in [2.45, 2.75) is 30.6 Å². The van der Waals surface area contributed by atoms with E-state index in [1.807, 2.05) is 31.2 Å². The summed E-state index contributed by atoms with van der Waals surface area (Å²) in [6, 6.07) is 13.9. The van der Waals surface area contributed by atoms with Crippen LogP contribution in [0.4, 0.5) is 0 Å². The van der Waals surface area contributed by atoms with Crippen LogP contribution in [0, 0.1) is 6.92 Å². The van der Waals surface area contributed by atoms with E-state index in [0.717, 1.165) is 11.1 Å². The molecule has 2 aromatic carbocycles. The molecule has 0 N–H and O–H groups in total. The third-order valence-electron chi connectivity index (χ3n) is 5.47. The molecule has 1 aromatic heterocycles. The molecule has 0 spiro atoms. The van der Waals surface area contributed by atoms with Gasteiger partial charge >= 0.3 is 5.97 Å². The number of rotatable bonds is 5. The van der Waals surface area contributed by atoms with Crippen LogP contribution in [0.2, 0.25) is 0 Å². The largest absolute Gasteiger partial charge is 0.465 e. The van der Waals surface area contributed by atoms with Gasteiger partial charge in [0, 0.05) is 24.6 Å². The Morgan fingerprint density at radius 2 is 1.77 bits per heavy atom. The van der Waals surface area contributed by atoms with E-state index < -0.39 is 16.0 Å². The second kappa shape index (κ2) is 8.60. The van der Waals surface area contributed by atoms with Gasteiger partial charge in [-0.1, -0.05) is 35.0 Å². The van der Waals surface area contributed by atoms with E-state index >= 15 is 0 Å². The zero-order chi connectivity index (χ0) is 22.0. The summed E-state index contributed by atoms with van der Waals surface area (Å²) >= 11 is 0. The Labute approximate surface area is 180 Å². The van der Waals surface area contributed by atoms with Gasteiger partial charge in [0.15, 0.2) is 5.82 Å². The lowest BCUT2D eigenvalue weighted by Crippen LogP contribution is -2.38. The van der Waals surface area contributed by atoms with Crippen molar-refractivity contribution in [3.05, 3.63) is 65.5 Å². The van der Waals surface area contributed by atoms with Crippen LogP contribution < -0.4 is 0 Å². The molecule has 0 bridgehead atoms. The number of esters is 1.